The summed E-state index contributed by atoms with van der Waals surface area (Å²) in [4.78, 5) is 27.8. The number of carbonyl (C=O) groups is 2. The molecule has 3 atom stereocenters. The molecule has 5 nitrogen and oxygen atoms in total. The first-order valence-electron chi connectivity index (χ1n) is 11.4. The van der Waals surface area contributed by atoms with Gasteiger partial charge in [-0.1, -0.05) is 6.07 Å². The maximum Gasteiger partial charge on any atom is 0.336 e. The van der Waals surface area contributed by atoms with Gasteiger partial charge in [-0.3, -0.25) is 4.79 Å². The molecule has 1 aromatic heterocycles. The van der Waals surface area contributed by atoms with Gasteiger partial charge in [0.15, 0.2) is 5.78 Å². The number of thiophene rings is 1. The maximum absolute atomic E-state index is 15.0. The van der Waals surface area contributed by atoms with Gasteiger partial charge in [0.2, 0.25) is 0 Å². The number of halogens is 2. The highest BCUT2D eigenvalue weighted by molar-refractivity contribution is 7.10. The summed E-state index contributed by atoms with van der Waals surface area (Å²) in [7, 11) is 0. The lowest BCUT2D eigenvalue weighted by Crippen LogP contribution is -2.36. The molecule has 2 aromatic rings. The zero-order chi connectivity index (χ0) is 23.8. The van der Waals surface area contributed by atoms with Crippen molar-refractivity contribution in [1.29, 1.82) is 0 Å². The number of hydrogen-bond acceptors (Lipinski definition) is 6. The highest BCUT2D eigenvalue weighted by Crippen LogP contribution is 2.46. The first kappa shape index (κ1) is 22.9. The van der Waals surface area contributed by atoms with Crippen molar-refractivity contribution in [2.75, 3.05) is 13.2 Å². The molecular formula is C26H25F2NO4S. The topological polar surface area (TPSA) is 64.6 Å². The number of ether oxygens (including phenoxy) is 2. The number of rotatable bonds is 5. The van der Waals surface area contributed by atoms with E-state index in [1.807, 2.05) is 17.5 Å². The molecule has 3 heterocycles. The Bertz CT molecular complexity index is 1180. The third-order valence-corrected chi connectivity index (χ3v) is 7.72. The summed E-state index contributed by atoms with van der Waals surface area (Å²) < 4.78 is 40.3. The molecular weight excluding hydrogens is 460 g/mol. The van der Waals surface area contributed by atoms with Crippen molar-refractivity contribution < 1.29 is 27.8 Å². The summed E-state index contributed by atoms with van der Waals surface area (Å²) in [5.74, 6) is -3.20. The van der Waals surface area contributed by atoms with Gasteiger partial charge in [-0.2, -0.15) is 0 Å². The molecule has 1 N–H and O–H groups in total. The lowest BCUT2D eigenvalue weighted by molar-refractivity contribution is -0.142. The minimum atomic E-state index is -1.04. The Morgan fingerprint density at radius 3 is 2.85 bits per heavy atom. The molecule has 1 aliphatic carbocycles. The zero-order valence-corrected chi connectivity index (χ0v) is 19.6. The molecule has 1 saturated heterocycles. The molecule has 0 amide bonds. The Kier molecular flexibility index (Phi) is 6.36. The van der Waals surface area contributed by atoms with Crippen molar-refractivity contribution >= 4 is 23.1 Å². The first-order chi connectivity index (χ1) is 16.4. The molecule has 34 heavy (non-hydrogen) atoms. The summed E-state index contributed by atoms with van der Waals surface area (Å²) in [6.07, 6.45) is 2.31. The highest BCUT2D eigenvalue weighted by Gasteiger charge is 2.42. The zero-order valence-electron chi connectivity index (χ0n) is 18.7. The quantitative estimate of drug-likeness (QED) is 0.597. The molecule has 0 radical (unpaired) electrons. The largest absolute Gasteiger partial charge is 0.459 e. The van der Waals surface area contributed by atoms with Crippen molar-refractivity contribution in [3.8, 4) is 0 Å². The summed E-state index contributed by atoms with van der Waals surface area (Å²) in [6.45, 7) is 2.41. The van der Waals surface area contributed by atoms with Crippen molar-refractivity contribution in [2.45, 2.75) is 50.5 Å². The Labute approximate surface area is 200 Å². The third-order valence-electron chi connectivity index (χ3n) is 6.69. The fraction of sp³-hybridized carbons (Fsp3) is 0.385. The van der Waals surface area contributed by atoms with E-state index < -0.39 is 23.5 Å². The molecule has 0 saturated carbocycles. The highest BCUT2D eigenvalue weighted by atomic mass is 32.1. The average Bonchev–Trinajstić information content (AvgIpc) is 3.52. The summed E-state index contributed by atoms with van der Waals surface area (Å²) in [5, 5.41) is 5.20. The second-order valence-electron chi connectivity index (χ2n) is 8.93. The Morgan fingerprint density at radius 1 is 1.26 bits per heavy atom. The number of carbonyl (C=O) groups excluding carboxylic acids is 2. The Hall–Kier alpha value is -2.84. The van der Waals surface area contributed by atoms with Crippen LogP contribution in [-0.4, -0.2) is 31.1 Å². The van der Waals surface area contributed by atoms with E-state index in [1.54, 1.807) is 18.3 Å². The number of allylic oxidation sites excluding steroid dienone is 3. The number of Topliss-reactive ketones (excluding diaryl/α,β-unsaturated/α-hetero) is 1. The van der Waals surface area contributed by atoms with Crippen LogP contribution in [0.15, 0.2) is 58.3 Å². The van der Waals surface area contributed by atoms with Crippen molar-refractivity contribution in [2.24, 2.45) is 0 Å². The molecule has 0 spiro atoms. The average molecular weight is 486 g/mol. The van der Waals surface area contributed by atoms with Gasteiger partial charge in [0.1, 0.15) is 18.2 Å². The number of benzene rings is 1. The SMILES string of the molecule is CC1=C(C(=O)OC[C@H]2CCCO2)[C@@H](c2cc(F)ccc2F)C2=C(C[C@@H](c3cccs3)CC2=O)N1. The smallest absolute Gasteiger partial charge is 0.336 e. The molecule has 0 unspecified atom stereocenters. The summed E-state index contributed by atoms with van der Waals surface area (Å²) >= 11 is 1.59. The fourth-order valence-corrected chi connectivity index (χ4v) is 5.93. The van der Waals surface area contributed by atoms with Gasteiger partial charge in [-0.15, -0.1) is 11.3 Å². The Balaban J connectivity index is 1.54. The van der Waals surface area contributed by atoms with Crippen LogP contribution in [0.4, 0.5) is 8.78 Å². The predicted octanol–water partition coefficient (Wildman–Crippen LogP) is 5.11. The van der Waals surface area contributed by atoms with E-state index in [0.29, 0.717) is 30.0 Å². The van der Waals surface area contributed by atoms with E-state index >= 15 is 4.39 Å². The molecule has 2 aliphatic heterocycles. The van der Waals surface area contributed by atoms with Gasteiger partial charge < -0.3 is 14.8 Å². The van der Waals surface area contributed by atoms with Crippen molar-refractivity contribution in [3.63, 3.8) is 0 Å². The summed E-state index contributed by atoms with van der Waals surface area (Å²) in [6, 6.07) is 7.06. The minimum absolute atomic E-state index is 0.00225. The number of ketones is 1. The van der Waals surface area contributed by atoms with Crippen LogP contribution in [0.1, 0.15) is 54.9 Å². The molecule has 5 rings (SSSR count). The van der Waals surface area contributed by atoms with Crippen LogP contribution in [0, 0.1) is 11.6 Å². The van der Waals surface area contributed by atoms with Gasteiger partial charge >= 0.3 is 5.97 Å². The normalized spacial score (nSPS) is 24.8. The van der Waals surface area contributed by atoms with E-state index in [1.165, 1.54) is 0 Å². The molecule has 178 valence electrons. The van der Waals surface area contributed by atoms with E-state index in [0.717, 1.165) is 35.9 Å². The first-order valence-corrected chi connectivity index (χ1v) is 12.3. The minimum Gasteiger partial charge on any atom is -0.459 e. The maximum atomic E-state index is 15.0. The standard InChI is InChI=1S/C26H25F2NO4S/c1-14-23(26(31)33-13-17-4-2-8-32-17)24(18-12-16(27)6-7-19(18)28)25-20(29-14)10-15(11-21(25)30)22-5-3-9-34-22/h3,5-7,9,12,15,17,24,29H,2,4,8,10-11,13H2,1H3/t15-,17-,24-/m1/s1. The van der Waals surface area contributed by atoms with Crippen LogP contribution < -0.4 is 5.32 Å². The second-order valence-corrected chi connectivity index (χ2v) is 9.91. The monoisotopic (exact) mass is 485 g/mol. The van der Waals surface area contributed by atoms with Crippen LogP contribution in [0.25, 0.3) is 0 Å². The van der Waals surface area contributed by atoms with Gasteiger partial charge in [0.05, 0.1) is 17.6 Å². The van der Waals surface area contributed by atoms with E-state index in [-0.39, 0.29) is 42.0 Å². The lowest BCUT2D eigenvalue weighted by atomic mass is 9.72. The van der Waals surface area contributed by atoms with Crippen LogP contribution >= 0.6 is 11.3 Å². The molecule has 3 aliphatic rings. The van der Waals surface area contributed by atoms with Gasteiger partial charge in [-0.05, 0) is 55.8 Å². The van der Waals surface area contributed by atoms with E-state index in [9.17, 15) is 14.0 Å². The number of nitrogens with one attached hydrogen (secondary N) is 1. The van der Waals surface area contributed by atoms with Crippen LogP contribution in [-0.2, 0) is 19.1 Å². The van der Waals surface area contributed by atoms with E-state index in [2.05, 4.69) is 5.32 Å². The van der Waals surface area contributed by atoms with Gasteiger partial charge in [0, 0.05) is 46.4 Å². The predicted molar refractivity (Wildman–Crippen MR) is 123 cm³/mol. The van der Waals surface area contributed by atoms with Crippen LogP contribution in [0.2, 0.25) is 0 Å². The molecule has 1 aromatic carbocycles. The van der Waals surface area contributed by atoms with E-state index in [4.69, 9.17) is 9.47 Å². The number of esters is 1. The fourth-order valence-electron chi connectivity index (χ4n) is 5.10. The molecule has 0 bridgehead atoms. The molecule has 1 fully saturated rings. The van der Waals surface area contributed by atoms with Crippen molar-refractivity contribution in [1.82, 2.24) is 5.32 Å². The van der Waals surface area contributed by atoms with Gasteiger partial charge in [-0.25, -0.2) is 13.6 Å². The van der Waals surface area contributed by atoms with Crippen LogP contribution in [0.3, 0.4) is 0 Å². The lowest BCUT2D eigenvalue weighted by Gasteiger charge is -2.36. The number of dihydropyridines is 1. The van der Waals surface area contributed by atoms with Crippen LogP contribution in [0.5, 0.6) is 0 Å². The van der Waals surface area contributed by atoms with Gasteiger partial charge in [0.25, 0.3) is 0 Å². The molecule has 8 heteroatoms. The number of hydrogen-bond donors (Lipinski definition) is 1. The second kappa shape index (κ2) is 9.43. The Morgan fingerprint density at radius 2 is 2.12 bits per heavy atom. The summed E-state index contributed by atoms with van der Waals surface area (Å²) in [5.41, 5.74) is 1.53. The third kappa shape index (κ3) is 4.32. The van der Waals surface area contributed by atoms with Crippen molar-refractivity contribution in [3.05, 3.63) is 80.3 Å².